The molecule has 15 heteroatoms. The maximum atomic E-state index is 15.0. The molecule has 0 saturated carbocycles. The maximum Gasteiger partial charge on any atom is 0.333 e. The summed E-state index contributed by atoms with van der Waals surface area (Å²) >= 11 is 1.11. The van der Waals surface area contributed by atoms with Crippen molar-refractivity contribution < 1.29 is 23.5 Å². The SMILES string of the molecule is COc1ccc(F)cc1[C@H](Cn1c(=O)n(C(C)(C)C(=O)CC(C)(C)[Si](O)(c2ccccc2)c2ccccc2)c(=O)c2c(C)c(-n3nccn3)sc21)OCCC#N. The van der Waals surface area contributed by atoms with E-state index in [-0.39, 0.29) is 41.8 Å². The number of halogens is 1. The molecule has 290 valence electrons. The van der Waals surface area contributed by atoms with E-state index in [1.165, 1.54) is 60.9 Å². The molecular formula is C41H43FN6O6SSi. The highest BCUT2D eigenvalue weighted by molar-refractivity contribution is 7.21. The second-order valence-corrected chi connectivity index (χ2v) is 19.6. The number of nitrogens with zero attached hydrogens (tertiary/aromatic N) is 6. The molecule has 0 fully saturated rings. The fourth-order valence-corrected chi connectivity index (χ4v) is 12.2. The Morgan fingerprint density at radius 3 is 2.18 bits per heavy atom. The number of hydrogen-bond donors (Lipinski definition) is 1. The molecule has 0 amide bonds. The lowest BCUT2D eigenvalue weighted by atomic mass is 9.91. The number of ether oxygens (including phenoxy) is 2. The lowest BCUT2D eigenvalue weighted by molar-refractivity contribution is -0.127. The number of rotatable bonds is 15. The molecule has 0 bridgehead atoms. The van der Waals surface area contributed by atoms with Crippen LogP contribution in [0.1, 0.15) is 57.8 Å². The first kappa shape index (κ1) is 40.1. The molecular weight excluding hydrogens is 752 g/mol. The van der Waals surface area contributed by atoms with Gasteiger partial charge in [0.1, 0.15) is 33.0 Å². The Kier molecular flexibility index (Phi) is 11.4. The van der Waals surface area contributed by atoms with Crippen LogP contribution in [0.15, 0.2) is 101 Å². The van der Waals surface area contributed by atoms with E-state index in [0.29, 0.717) is 26.7 Å². The second-order valence-electron chi connectivity index (χ2n) is 14.7. The van der Waals surface area contributed by atoms with Gasteiger partial charge in [-0.2, -0.15) is 15.5 Å². The summed E-state index contributed by atoms with van der Waals surface area (Å²) in [6, 6.07) is 24.5. The Bertz CT molecular complexity index is 2490. The van der Waals surface area contributed by atoms with Gasteiger partial charge < -0.3 is 14.3 Å². The first-order valence-electron chi connectivity index (χ1n) is 18.0. The average Bonchev–Trinajstić information content (AvgIpc) is 3.84. The molecule has 0 unspecified atom stereocenters. The van der Waals surface area contributed by atoms with E-state index in [0.717, 1.165) is 15.9 Å². The summed E-state index contributed by atoms with van der Waals surface area (Å²) in [5.41, 5.74) is -2.45. The third-order valence-electron chi connectivity index (χ3n) is 10.4. The monoisotopic (exact) mass is 794 g/mol. The predicted molar refractivity (Wildman–Crippen MR) is 215 cm³/mol. The highest BCUT2D eigenvalue weighted by Crippen LogP contribution is 2.41. The first-order valence-corrected chi connectivity index (χ1v) is 20.8. The van der Waals surface area contributed by atoms with Crippen molar-refractivity contribution in [2.24, 2.45) is 0 Å². The van der Waals surface area contributed by atoms with Crippen LogP contribution in [0.3, 0.4) is 0 Å². The number of hydrogen-bond acceptors (Lipinski definition) is 10. The first-order chi connectivity index (χ1) is 26.7. The van der Waals surface area contributed by atoms with Crippen molar-refractivity contribution in [3.8, 4) is 16.8 Å². The second kappa shape index (κ2) is 15.9. The number of benzene rings is 3. The third kappa shape index (κ3) is 7.16. The van der Waals surface area contributed by atoms with Crippen molar-refractivity contribution in [2.75, 3.05) is 13.7 Å². The molecule has 12 nitrogen and oxygen atoms in total. The zero-order chi connectivity index (χ0) is 40.4. The molecule has 1 N–H and O–H groups in total. The van der Waals surface area contributed by atoms with Crippen LogP contribution in [0.5, 0.6) is 5.75 Å². The molecule has 0 spiro atoms. The summed E-state index contributed by atoms with van der Waals surface area (Å²) in [5.74, 6) is -0.720. The van der Waals surface area contributed by atoms with Gasteiger partial charge in [-0.1, -0.05) is 85.8 Å². The number of thiophene rings is 1. The van der Waals surface area contributed by atoms with E-state index in [9.17, 15) is 28.8 Å². The van der Waals surface area contributed by atoms with Crippen molar-refractivity contribution in [3.63, 3.8) is 0 Å². The quantitative estimate of drug-likeness (QED) is 0.110. The minimum atomic E-state index is -3.67. The Labute approximate surface area is 328 Å². The number of ketones is 1. The summed E-state index contributed by atoms with van der Waals surface area (Å²) < 4.78 is 28.8. The van der Waals surface area contributed by atoms with Crippen LogP contribution in [0.2, 0.25) is 5.04 Å². The van der Waals surface area contributed by atoms with Crippen LogP contribution >= 0.6 is 11.3 Å². The minimum Gasteiger partial charge on any atom is -0.496 e. The smallest absolute Gasteiger partial charge is 0.333 e. The standard InChI is InChI=1S/C41H43FN6O6SSi/c1-27-35-36(50)47(41(4,5)34(49)25-40(2,3)56(52,29-14-9-7-10-15-29)30-16-11-8-12-17-30)39(51)46(38(35)55-37(27)48-44-21-22-45-48)26-33(54-23-13-20-43)31-24-28(42)18-19-32(31)53-6/h7-12,14-19,21-22,24,33,52H,13,23,25-26H2,1-6H3/t33-/m0/s1. The van der Waals surface area contributed by atoms with Gasteiger partial charge >= 0.3 is 5.69 Å². The van der Waals surface area contributed by atoms with Crippen LogP contribution in [0.4, 0.5) is 4.39 Å². The van der Waals surface area contributed by atoms with Gasteiger partial charge in [0, 0.05) is 17.5 Å². The van der Waals surface area contributed by atoms with Crippen LogP contribution in [0, 0.1) is 24.1 Å². The molecule has 3 heterocycles. The van der Waals surface area contributed by atoms with Gasteiger partial charge in [-0.15, -0.1) is 4.80 Å². The number of carbonyl (C=O) groups excluding carboxylic acids is 1. The van der Waals surface area contributed by atoms with Gasteiger partial charge in [0.25, 0.3) is 13.9 Å². The van der Waals surface area contributed by atoms with E-state index in [1.54, 1.807) is 6.92 Å². The number of carbonyl (C=O) groups is 1. The van der Waals surface area contributed by atoms with Crippen LogP contribution < -0.4 is 26.4 Å². The van der Waals surface area contributed by atoms with Crippen LogP contribution in [0.25, 0.3) is 15.2 Å². The molecule has 6 aromatic rings. The van der Waals surface area contributed by atoms with Crippen LogP contribution in [-0.2, 0) is 21.6 Å². The predicted octanol–water partition coefficient (Wildman–Crippen LogP) is 5.16. The summed E-state index contributed by atoms with van der Waals surface area (Å²) in [5, 5.41) is 18.9. The van der Waals surface area contributed by atoms with Crippen molar-refractivity contribution >= 4 is 46.0 Å². The largest absolute Gasteiger partial charge is 0.496 e. The zero-order valence-corrected chi connectivity index (χ0v) is 33.8. The number of nitriles is 1. The van der Waals surface area contributed by atoms with E-state index in [2.05, 4.69) is 10.2 Å². The summed E-state index contributed by atoms with van der Waals surface area (Å²) in [4.78, 5) is 59.0. The molecule has 0 radical (unpaired) electrons. The third-order valence-corrected chi connectivity index (χ3v) is 16.2. The fraction of sp³-hybridized carbons (Fsp3) is 0.317. The number of aromatic nitrogens is 5. The number of fused-ring (bicyclic) bond motifs is 1. The molecule has 3 aromatic carbocycles. The molecule has 6 rings (SSSR count). The topological polar surface area (TPSA) is 154 Å². The Morgan fingerprint density at radius 1 is 1.00 bits per heavy atom. The van der Waals surface area contributed by atoms with Gasteiger partial charge in [-0.25, -0.2) is 13.8 Å². The lowest BCUT2D eigenvalue weighted by Gasteiger charge is -2.42. The molecule has 0 aliphatic heterocycles. The number of aryl methyl sites for hydroxylation is 1. The molecule has 0 aliphatic carbocycles. The number of Topliss-reactive ketones (excluding diaryl/α,β-unsaturated/α-hetero) is 1. The van der Waals surface area contributed by atoms with E-state index < -0.39 is 47.8 Å². The molecule has 1 atom stereocenters. The Balaban J connectivity index is 1.53. The minimum absolute atomic E-state index is 0.0180. The van der Waals surface area contributed by atoms with Crippen molar-refractivity contribution in [1.82, 2.24) is 24.1 Å². The highest BCUT2D eigenvalue weighted by Gasteiger charge is 2.52. The van der Waals surface area contributed by atoms with Gasteiger partial charge in [-0.3, -0.25) is 14.2 Å². The van der Waals surface area contributed by atoms with Gasteiger partial charge in [0.15, 0.2) is 5.78 Å². The summed E-state index contributed by atoms with van der Waals surface area (Å²) in [6.07, 6.45) is 1.80. The zero-order valence-electron chi connectivity index (χ0n) is 32.0. The van der Waals surface area contributed by atoms with Gasteiger partial charge in [-0.05, 0) is 54.4 Å². The van der Waals surface area contributed by atoms with E-state index >= 15 is 0 Å². The highest BCUT2D eigenvalue weighted by atomic mass is 32.1. The average molecular weight is 795 g/mol. The van der Waals surface area contributed by atoms with Gasteiger partial charge in [0.05, 0.1) is 50.5 Å². The van der Waals surface area contributed by atoms with Crippen molar-refractivity contribution in [2.45, 2.75) is 70.7 Å². The molecule has 0 saturated heterocycles. The number of methoxy groups -OCH3 is 1. The molecule has 3 aromatic heterocycles. The van der Waals surface area contributed by atoms with Crippen LogP contribution in [-0.4, -0.2) is 56.7 Å². The van der Waals surface area contributed by atoms with Crippen molar-refractivity contribution in [3.05, 3.63) is 129 Å². The van der Waals surface area contributed by atoms with E-state index in [1.807, 2.05) is 80.6 Å². The maximum absolute atomic E-state index is 15.0. The molecule has 0 aliphatic rings. The summed E-state index contributed by atoms with van der Waals surface area (Å²) in [6.45, 7) is 8.20. The van der Waals surface area contributed by atoms with Crippen molar-refractivity contribution in [1.29, 1.82) is 5.26 Å². The Morgan fingerprint density at radius 2 is 1.61 bits per heavy atom. The van der Waals surface area contributed by atoms with Gasteiger partial charge in [0.2, 0.25) is 0 Å². The molecule has 56 heavy (non-hydrogen) atoms. The van der Waals surface area contributed by atoms with E-state index in [4.69, 9.17) is 9.47 Å². The normalized spacial score (nSPS) is 12.8. The Hall–Kier alpha value is -5.53. The fourth-order valence-electron chi connectivity index (χ4n) is 7.29. The summed E-state index contributed by atoms with van der Waals surface area (Å²) in [7, 11) is -2.24. The lowest BCUT2D eigenvalue weighted by Crippen LogP contribution is -2.66.